The molecule has 5 atom stereocenters. The molecule has 2 saturated carbocycles. The van der Waals surface area contributed by atoms with E-state index in [4.69, 9.17) is 4.74 Å². The van der Waals surface area contributed by atoms with Crippen LogP contribution in [0.2, 0.25) is 0 Å². The number of carbonyl (C=O) groups excluding carboxylic acids is 3. The van der Waals surface area contributed by atoms with E-state index in [9.17, 15) is 14.4 Å². The number of hydrogen-bond acceptors (Lipinski definition) is 4. The molecular weight excluding hydrogens is 394 g/mol. The SMILES string of the molecule is C=CCN1C(=O)[C@H]2[C@@H](C(=O)NC3CCCC3)[C@H]3C=C[C@]2(O3)[C@H]1C(=O)NC1CCCCC1. The number of nitrogens with one attached hydrogen (secondary N) is 2. The second-order valence-corrected chi connectivity index (χ2v) is 9.81. The Hall–Kier alpha value is -2.15. The van der Waals surface area contributed by atoms with Gasteiger partial charge in [0.1, 0.15) is 11.6 Å². The van der Waals surface area contributed by atoms with Crippen LogP contribution in [0.3, 0.4) is 0 Å². The number of likely N-dealkylation sites (tertiary alicyclic amines) is 1. The van der Waals surface area contributed by atoms with Crippen LogP contribution in [0.25, 0.3) is 0 Å². The molecule has 168 valence electrons. The van der Waals surface area contributed by atoms with Crippen molar-refractivity contribution in [3.05, 3.63) is 24.8 Å². The third-order valence-electron chi connectivity index (χ3n) is 7.90. The third-order valence-corrected chi connectivity index (χ3v) is 7.90. The standard InChI is InChI=1S/C24H33N3O4/c1-2-14-27-20(22(29)26-16-8-4-3-5-9-16)24-13-12-17(31-24)18(19(24)23(27)30)21(28)25-15-10-6-7-11-15/h2,12-13,15-20H,1,3-11,14H2,(H,25,28)(H,26,29)/t17-,18+,19-,20-,24-/m1/s1. The van der Waals surface area contributed by atoms with Crippen LogP contribution in [-0.2, 0) is 19.1 Å². The van der Waals surface area contributed by atoms with Crippen molar-refractivity contribution in [1.29, 1.82) is 0 Å². The van der Waals surface area contributed by atoms with Gasteiger partial charge in [-0.1, -0.05) is 50.3 Å². The van der Waals surface area contributed by atoms with Gasteiger partial charge in [-0.05, 0) is 25.7 Å². The lowest BCUT2D eigenvalue weighted by atomic mass is 9.74. The van der Waals surface area contributed by atoms with Crippen molar-refractivity contribution in [3.8, 4) is 0 Å². The van der Waals surface area contributed by atoms with Crippen molar-refractivity contribution in [2.24, 2.45) is 11.8 Å². The summed E-state index contributed by atoms with van der Waals surface area (Å²) >= 11 is 0. The van der Waals surface area contributed by atoms with Crippen LogP contribution in [0.5, 0.6) is 0 Å². The molecule has 31 heavy (non-hydrogen) atoms. The van der Waals surface area contributed by atoms with E-state index < -0.39 is 29.6 Å². The van der Waals surface area contributed by atoms with E-state index in [1.165, 1.54) is 6.42 Å². The number of carbonyl (C=O) groups is 3. The average molecular weight is 428 g/mol. The highest BCUT2D eigenvalue weighted by molar-refractivity contribution is 6.00. The van der Waals surface area contributed by atoms with Gasteiger partial charge in [0.2, 0.25) is 17.7 Å². The van der Waals surface area contributed by atoms with Crippen LogP contribution in [0.15, 0.2) is 24.8 Å². The molecule has 3 heterocycles. The number of nitrogens with zero attached hydrogens (tertiary/aromatic N) is 1. The predicted octanol–water partition coefficient (Wildman–Crippen LogP) is 1.83. The molecule has 0 unspecified atom stereocenters. The van der Waals surface area contributed by atoms with Crippen molar-refractivity contribution < 1.29 is 19.1 Å². The first-order chi connectivity index (χ1) is 15.0. The Labute approximate surface area is 183 Å². The first-order valence-corrected chi connectivity index (χ1v) is 11.9. The summed E-state index contributed by atoms with van der Waals surface area (Å²) in [4.78, 5) is 41.8. The maximum Gasteiger partial charge on any atom is 0.246 e. The molecule has 0 aromatic heterocycles. The second-order valence-electron chi connectivity index (χ2n) is 9.81. The molecule has 7 nitrogen and oxygen atoms in total. The molecule has 5 aliphatic rings. The molecule has 4 fully saturated rings. The van der Waals surface area contributed by atoms with Crippen molar-refractivity contribution in [2.75, 3.05) is 6.54 Å². The van der Waals surface area contributed by atoms with Crippen LogP contribution >= 0.6 is 0 Å². The van der Waals surface area contributed by atoms with Gasteiger partial charge in [-0.2, -0.15) is 0 Å². The molecule has 0 aromatic carbocycles. The fraction of sp³-hybridized carbons (Fsp3) is 0.708. The zero-order valence-corrected chi connectivity index (χ0v) is 18.1. The Morgan fingerprint density at radius 2 is 1.68 bits per heavy atom. The monoisotopic (exact) mass is 427 g/mol. The number of ether oxygens (including phenoxy) is 1. The van der Waals surface area contributed by atoms with Gasteiger partial charge in [0.15, 0.2) is 0 Å². The van der Waals surface area contributed by atoms with E-state index in [1.807, 2.05) is 12.2 Å². The summed E-state index contributed by atoms with van der Waals surface area (Å²) < 4.78 is 6.32. The van der Waals surface area contributed by atoms with Gasteiger partial charge >= 0.3 is 0 Å². The van der Waals surface area contributed by atoms with Crippen LogP contribution < -0.4 is 10.6 Å². The molecular formula is C24H33N3O4. The van der Waals surface area contributed by atoms with Crippen LogP contribution in [0.1, 0.15) is 57.8 Å². The Bertz CT molecular complexity index is 799. The number of amides is 3. The summed E-state index contributed by atoms with van der Waals surface area (Å²) in [6.07, 6.45) is 14.5. The van der Waals surface area contributed by atoms with Crippen LogP contribution in [0, 0.1) is 11.8 Å². The van der Waals surface area contributed by atoms with Crippen molar-refractivity contribution in [2.45, 2.75) is 87.6 Å². The van der Waals surface area contributed by atoms with Gasteiger partial charge < -0.3 is 20.3 Å². The zero-order chi connectivity index (χ0) is 21.6. The average Bonchev–Trinajstić information content (AvgIpc) is 3.52. The molecule has 7 heteroatoms. The summed E-state index contributed by atoms with van der Waals surface area (Å²) in [6, 6.07) is -0.449. The quantitative estimate of drug-likeness (QED) is 0.633. The van der Waals surface area contributed by atoms with E-state index in [1.54, 1.807) is 11.0 Å². The van der Waals surface area contributed by atoms with E-state index in [0.717, 1.165) is 51.4 Å². The molecule has 3 aliphatic heterocycles. The second kappa shape index (κ2) is 8.08. The summed E-state index contributed by atoms with van der Waals surface area (Å²) in [5, 5.41) is 6.33. The van der Waals surface area contributed by atoms with Gasteiger partial charge in [-0.25, -0.2) is 0 Å². The molecule has 0 aromatic rings. The lowest BCUT2D eigenvalue weighted by molar-refractivity contribution is -0.141. The minimum Gasteiger partial charge on any atom is -0.359 e. The molecule has 0 radical (unpaired) electrons. The molecule has 5 rings (SSSR count). The lowest BCUT2D eigenvalue weighted by Gasteiger charge is -2.33. The van der Waals surface area contributed by atoms with Gasteiger partial charge in [-0.15, -0.1) is 6.58 Å². The van der Waals surface area contributed by atoms with Crippen LogP contribution in [0.4, 0.5) is 0 Å². The fourth-order valence-corrected chi connectivity index (χ4v) is 6.50. The van der Waals surface area contributed by atoms with E-state index in [2.05, 4.69) is 17.2 Å². The van der Waals surface area contributed by atoms with E-state index >= 15 is 0 Å². The lowest BCUT2D eigenvalue weighted by Crippen LogP contribution is -2.56. The highest BCUT2D eigenvalue weighted by Gasteiger charge is 2.72. The summed E-state index contributed by atoms with van der Waals surface area (Å²) in [7, 11) is 0. The summed E-state index contributed by atoms with van der Waals surface area (Å²) in [6.45, 7) is 4.04. The smallest absolute Gasteiger partial charge is 0.246 e. The highest BCUT2D eigenvalue weighted by atomic mass is 16.5. The normalized spacial score (nSPS) is 37.3. The van der Waals surface area contributed by atoms with Gasteiger partial charge in [0, 0.05) is 18.6 Å². The van der Waals surface area contributed by atoms with Gasteiger partial charge in [0.25, 0.3) is 0 Å². The molecule has 2 bridgehead atoms. The van der Waals surface area contributed by atoms with Crippen molar-refractivity contribution >= 4 is 17.7 Å². The Morgan fingerprint density at radius 3 is 2.32 bits per heavy atom. The van der Waals surface area contributed by atoms with Crippen molar-refractivity contribution in [3.63, 3.8) is 0 Å². The minimum absolute atomic E-state index is 0.117. The molecule has 1 spiro atoms. The van der Waals surface area contributed by atoms with Gasteiger partial charge in [0.05, 0.1) is 17.9 Å². The maximum atomic E-state index is 13.5. The van der Waals surface area contributed by atoms with E-state index in [-0.39, 0.29) is 36.3 Å². The molecule has 2 aliphatic carbocycles. The minimum atomic E-state index is -1.07. The molecule has 2 saturated heterocycles. The first-order valence-electron chi connectivity index (χ1n) is 11.9. The van der Waals surface area contributed by atoms with Crippen LogP contribution in [-0.4, -0.2) is 59.0 Å². The summed E-state index contributed by atoms with van der Waals surface area (Å²) in [5.74, 6) is -1.72. The number of hydrogen-bond donors (Lipinski definition) is 2. The zero-order valence-electron chi connectivity index (χ0n) is 18.1. The third kappa shape index (κ3) is 3.32. The summed E-state index contributed by atoms with van der Waals surface area (Å²) in [5.41, 5.74) is -1.07. The fourth-order valence-electron chi connectivity index (χ4n) is 6.50. The largest absolute Gasteiger partial charge is 0.359 e. The number of fused-ring (bicyclic) bond motifs is 1. The maximum absolute atomic E-state index is 13.5. The predicted molar refractivity (Wildman–Crippen MR) is 115 cm³/mol. The number of rotatable bonds is 6. The Morgan fingerprint density at radius 1 is 1.06 bits per heavy atom. The Kier molecular flexibility index (Phi) is 5.40. The topological polar surface area (TPSA) is 87.7 Å². The first kappa shape index (κ1) is 20.7. The van der Waals surface area contributed by atoms with E-state index in [0.29, 0.717) is 0 Å². The van der Waals surface area contributed by atoms with Crippen molar-refractivity contribution in [1.82, 2.24) is 15.5 Å². The Balaban J connectivity index is 1.41. The highest BCUT2D eigenvalue weighted by Crippen LogP contribution is 2.55. The molecule has 3 amide bonds. The van der Waals surface area contributed by atoms with Gasteiger partial charge in [-0.3, -0.25) is 14.4 Å². The molecule has 2 N–H and O–H groups in total.